The third-order valence-corrected chi connectivity index (χ3v) is 4.37. The van der Waals surface area contributed by atoms with E-state index >= 15 is 0 Å². The van der Waals surface area contributed by atoms with Crippen molar-refractivity contribution in [3.05, 3.63) is 35.4 Å². The molecule has 0 saturated heterocycles. The van der Waals surface area contributed by atoms with Crippen LogP contribution < -0.4 is 0 Å². The Morgan fingerprint density at radius 3 is 2.42 bits per heavy atom. The van der Waals surface area contributed by atoms with Crippen LogP contribution in [0, 0.1) is 17.6 Å². The first-order valence-corrected chi connectivity index (χ1v) is 7.65. The van der Waals surface area contributed by atoms with E-state index in [9.17, 15) is 8.78 Å². The van der Waals surface area contributed by atoms with Crippen LogP contribution in [0.1, 0.15) is 69.8 Å². The molecule has 0 atom stereocenters. The lowest BCUT2D eigenvalue weighted by Gasteiger charge is -2.36. The summed E-state index contributed by atoms with van der Waals surface area (Å²) >= 11 is 0. The van der Waals surface area contributed by atoms with Gasteiger partial charge in [-0.05, 0) is 42.4 Å². The fourth-order valence-electron chi connectivity index (χ4n) is 3.05. The van der Waals surface area contributed by atoms with E-state index in [1.165, 1.54) is 50.7 Å². The second kappa shape index (κ2) is 7.02. The molecule has 1 aliphatic rings. The van der Waals surface area contributed by atoms with Crippen LogP contribution >= 0.6 is 0 Å². The maximum atomic E-state index is 13.1. The molecule has 1 fully saturated rings. The van der Waals surface area contributed by atoms with Crippen LogP contribution in [0.5, 0.6) is 0 Å². The van der Waals surface area contributed by atoms with Gasteiger partial charge in [-0.2, -0.15) is 0 Å². The Morgan fingerprint density at radius 1 is 1.00 bits per heavy atom. The molecule has 0 spiro atoms. The molecule has 0 aliphatic heterocycles. The lowest BCUT2D eigenvalue weighted by atomic mass is 9.69. The van der Waals surface area contributed by atoms with E-state index < -0.39 is 11.6 Å². The highest BCUT2D eigenvalue weighted by atomic mass is 19.2. The molecule has 0 nitrogen and oxygen atoms in total. The Morgan fingerprint density at radius 2 is 1.74 bits per heavy atom. The van der Waals surface area contributed by atoms with E-state index in [4.69, 9.17) is 0 Å². The van der Waals surface area contributed by atoms with Gasteiger partial charge in [-0.25, -0.2) is 8.78 Å². The smallest absolute Gasteiger partial charge is 0.159 e. The third-order valence-electron chi connectivity index (χ3n) is 4.37. The molecule has 2 heteroatoms. The van der Waals surface area contributed by atoms with E-state index in [0.717, 1.165) is 24.3 Å². The molecule has 106 valence electrons. The maximum absolute atomic E-state index is 13.1. The average molecular weight is 266 g/mol. The minimum Gasteiger partial charge on any atom is -0.204 e. The highest BCUT2D eigenvalue weighted by molar-refractivity contribution is 5.23. The van der Waals surface area contributed by atoms with Crippen LogP contribution in [0.2, 0.25) is 0 Å². The van der Waals surface area contributed by atoms with Gasteiger partial charge in [0.25, 0.3) is 0 Å². The molecule has 0 aromatic heterocycles. The van der Waals surface area contributed by atoms with Crippen LogP contribution in [-0.2, 0) is 0 Å². The largest absolute Gasteiger partial charge is 0.204 e. The van der Waals surface area contributed by atoms with E-state index in [1.54, 1.807) is 6.07 Å². The maximum Gasteiger partial charge on any atom is 0.159 e. The van der Waals surface area contributed by atoms with Gasteiger partial charge in [0.05, 0.1) is 0 Å². The first-order valence-electron chi connectivity index (χ1n) is 7.65. The van der Waals surface area contributed by atoms with Gasteiger partial charge in [-0.15, -0.1) is 0 Å². The molecule has 0 N–H and O–H groups in total. The highest BCUT2D eigenvalue weighted by Crippen LogP contribution is 2.44. The zero-order chi connectivity index (χ0) is 13.7. The van der Waals surface area contributed by atoms with Gasteiger partial charge in [0, 0.05) is 0 Å². The third kappa shape index (κ3) is 4.02. The van der Waals surface area contributed by atoms with Gasteiger partial charge in [-0.1, -0.05) is 51.5 Å². The van der Waals surface area contributed by atoms with Crippen LogP contribution in [0.3, 0.4) is 0 Å². The van der Waals surface area contributed by atoms with Gasteiger partial charge in [0.1, 0.15) is 0 Å². The summed E-state index contributed by atoms with van der Waals surface area (Å²) in [7, 11) is 0. The fourth-order valence-corrected chi connectivity index (χ4v) is 3.05. The average Bonchev–Trinajstić information content (AvgIpc) is 2.35. The summed E-state index contributed by atoms with van der Waals surface area (Å²) in [6.07, 6.45) is 10.3. The summed E-state index contributed by atoms with van der Waals surface area (Å²) in [4.78, 5) is 0. The summed E-state index contributed by atoms with van der Waals surface area (Å²) in [5.41, 5.74) is 0.973. The summed E-state index contributed by atoms with van der Waals surface area (Å²) < 4.78 is 26.0. The van der Waals surface area contributed by atoms with E-state index in [1.807, 2.05) is 0 Å². The molecule has 19 heavy (non-hydrogen) atoms. The van der Waals surface area contributed by atoms with Crippen molar-refractivity contribution in [1.82, 2.24) is 0 Å². The number of unbranched alkanes of at least 4 members (excludes halogenated alkanes) is 4. The Balaban J connectivity index is 1.66. The van der Waals surface area contributed by atoms with Crippen LogP contribution in [-0.4, -0.2) is 0 Å². The molecule has 0 radical (unpaired) electrons. The first kappa shape index (κ1) is 14.5. The van der Waals surface area contributed by atoms with Gasteiger partial charge in [0.15, 0.2) is 11.6 Å². The highest BCUT2D eigenvalue weighted by Gasteiger charge is 2.30. The predicted molar refractivity (Wildman–Crippen MR) is 75.2 cm³/mol. The number of hydrogen-bond donors (Lipinski definition) is 0. The summed E-state index contributed by atoms with van der Waals surface area (Å²) in [5, 5.41) is 0. The van der Waals surface area contributed by atoms with E-state index in [-0.39, 0.29) is 0 Å². The monoisotopic (exact) mass is 266 g/mol. The Labute approximate surface area is 115 Å². The Kier molecular flexibility index (Phi) is 5.35. The Hall–Kier alpha value is -0.920. The standard InChI is InChI=1S/C17H24F2/c1-2-3-4-5-6-7-13-10-15(11-13)14-8-9-16(18)17(19)12-14/h8-9,12-13,15H,2-7,10-11H2,1H3. The van der Waals surface area contributed by atoms with Crippen molar-refractivity contribution in [2.24, 2.45) is 5.92 Å². The molecule has 0 amide bonds. The molecule has 0 bridgehead atoms. The van der Waals surface area contributed by atoms with Crippen molar-refractivity contribution in [2.45, 2.75) is 64.2 Å². The van der Waals surface area contributed by atoms with Crippen LogP contribution in [0.15, 0.2) is 18.2 Å². The lowest BCUT2D eigenvalue weighted by Crippen LogP contribution is -2.22. The molecule has 0 unspecified atom stereocenters. The fraction of sp³-hybridized carbons (Fsp3) is 0.647. The molecule has 1 aromatic carbocycles. The van der Waals surface area contributed by atoms with E-state index in [0.29, 0.717) is 5.92 Å². The van der Waals surface area contributed by atoms with E-state index in [2.05, 4.69) is 6.92 Å². The molecule has 2 rings (SSSR count). The predicted octanol–water partition coefficient (Wildman–Crippen LogP) is 5.82. The number of rotatable bonds is 7. The molecular formula is C17H24F2. The van der Waals surface area contributed by atoms with Gasteiger partial charge in [0.2, 0.25) is 0 Å². The second-order valence-electron chi connectivity index (χ2n) is 5.91. The van der Waals surface area contributed by atoms with Crippen molar-refractivity contribution in [3.63, 3.8) is 0 Å². The zero-order valence-corrected chi connectivity index (χ0v) is 11.8. The second-order valence-corrected chi connectivity index (χ2v) is 5.91. The minimum atomic E-state index is -0.740. The molecule has 1 saturated carbocycles. The van der Waals surface area contributed by atoms with Gasteiger partial charge < -0.3 is 0 Å². The number of hydrogen-bond acceptors (Lipinski definition) is 0. The minimum absolute atomic E-state index is 0.454. The van der Waals surface area contributed by atoms with Crippen LogP contribution in [0.4, 0.5) is 8.78 Å². The normalized spacial score (nSPS) is 22.3. The van der Waals surface area contributed by atoms with Crippen molar-refractivity contribution in [1.29, 1.82) is 0 Å². The summed E-state index contributed by atoms with van der Waals surface area (Å²) in [5.74, 6) is -0.188. The van der Waals surface area contributed by atoms with Gasteiger partial charge >= 0.3 is 0 Å². The number of benzene rings is 1. The number of halogens is 2. The topological polar surface area (TPSA) is 0 Å². The zero-order valence-electron chi connectivity index (χ0n) is 11.8. The lowest BCUT2D eigenvalue weighted by molar-refractivity contribution is 0.240. The van der Waals surface area contributed by atoms with Gasteiger partial charge in [-0.3, -0.25) is 0 Å². The summed E-state index contributed by atoms with van der Waals surface area (Å²) in [6, 6.07) is 4.36. The molecular weight excluding hydrogens is 242 g/mol. The quantitative estimate of drug-likeness (QED) is 0.545. The molecule has 1 aliphatic carbocycles. The van der Waals surface area contributed by atoms with Crippen molar-refractivity contribution < 1.29 is 8.78 Å². The molecule has 1 aromatic rings. The SMILES string of the molecule is CCCCCCCC1CC(c2ccc(F)c(F)c2)C1. The van der Waals surface area contributed by atoms with Crippen LogP contribution in [0.25, 0.3) is 0 Å². The van der Waals surface area contributed by atoms with Crippen molar-refractivity contribution >= 4 is 0 Å². The Bertz CT molecular complexity index is 394. The van der Waals surface area contributed by atoms with Crippen molar-refractivity contribution in [3.8, 4) is 0 Å². The summed E-state index contributed by atoms with van der Waals surface area (Å²) in [6.45, 7) is 2.23. The first-order chi connectivity index (χ1) is 9.20. The van der Waals surface area contributed by atoms with Crippen molar-refractivity contribution in [2.75, 3.05) is 0 Å². The molecule has 0 heterocycles.